The number of imidazole rings is 1. The molecule has 3 aromatic carbocycles. The Hall–Kier alpha value is -3.41. The number of H-pyrrole nitrogens is 1. The molecule has 0 spiro atoms. The van der Waals surface area contributed by atoms with Crippen LogP contribution >= 0.6 is 0 Å². The van der Waals surface area contributed by atoms with Gasteiger partial charge >= 0.3 is 0 Å². The molecule has 0 bridgehead atoms. The lowest BCUT2D eigenvalue weighted by Gasteiger charge is -2.13. The predicted octanol–water partition coefficient (Wildman–Crippen LogP) is 5.77. The van der Waals surface area contributed by atoms with Crippen LogP contribution in [-0.2, 0) is 9.47 Å². The van der Waals surface area contributed by atoms with Crippen LogP contribution in [0.15, 0.2) is 72.8 Å². The molecule has 5 heteroatoms. The maximum absolute atomic E-state index is 5.77. The molecule has 5 nitrogen and oxygen atoms in total. The Morgan fingerprint density at radius 1 is 0.871 bits per heavy atom. The van der Waals surface area contributed by atoms with Gasteiger partial charge in [0, 0.05) is 22.3 Å². The number of ether oxygens (including phenoxy) is 3. The third kappa shape index (κ3) is 3.85. The Morgan fingerprint density at radius 2 is 1.55 bits per heavy atom. The minimum absolute atomic E-state index is 0.367. The van der Waals surface area contributed by atoms with Gasteiger partial charge in [0.25, 0.3) is 0 Å². The number of nitrogens with one attached hydrogen (secondary N) is 1. The lowest BCUT2D eigenvalue weighted by molar-refractivity contribution is -0.0437. The van der Waals surface area contributed by atoms with Crippen molar-refractivity contribution in [3.63, 3.8) is 0 Å². The quantitative estimate of drug-likeness (QED) is 0.452. The molecule has 2 heterocycles. The Kier molecular flexibility index (Phi) is 5.28. The van der Waals surface area contributed by atoms with E-state index in [-0.39, 0.29) is 6.29 Å². The minimum Gasteiger partial charge on any atom is -0.497 e. The molecule has 5 rings (SSSR count). The molecule has 0 amide bonds. The van der Waals surface area contributed by atoms with Gasteiger partial charge in [-0.05, 0) is 31.2 Å². The fourth-order valence-electron chi connectivity index (χ4n) is 3.84. The summed E-state index contributed by atoms with van der Waals surface area (Å²) >= 11 is 0. The Morgan fingerprint density at radius 3 is 2.26 bits per heavy atom. The summed E-state index contributed by atoms with van der Waals surface area (Å²) in [5.41, 5.74) is 7.14. The second-order valence-electron chi connectivity index (χ2n) is 7.56. The van der Waals surface area contributed by atoms with Crippen molar-refractivity contribution in [2.75, 3.05) is 20.3 Å². The van der Waals surface area contributed by atoms with Gasteiger partial charge in [0.2, 0.25) is 0 Å². The lowest BCUT2D eigenvalue weighted by Crippen LogP contribution is -2.01. The van der Waals surface area contributed by atoms with Crippen LogP contribution in [0.5, 0.6) is 5.75 Å². The van der Waals surface area contributed by atoms with E-state index >= 15 is 0 Å². The van der Waals surface area contributed by atoms with Crippen molar-refractivity contribution < 1.29 is 14.2 Å². The highest BCUT2D eigenvalue weighted by atomic mass is 16.7. The number of benzene rings is 3. The van der Waals surface area contributed by atoms with Crippen molar-refractivity contribution in [3.05, 3.63) is 83.9 Å². The highest BCUT2D eigenvalue weighted by Gasteiger charge is 2.24. The Bertz CT molecular complexity index is 1170. The van der Waals surface area contributed by atoms with E-state index in [1.54, 1.807) is 7.11 Å². The first-order valence-corrected chi connectivity index (χ1v) is 10.4. The third-order valence-corrected chi connectivity index (χ3v) is 5.50. The van der Waals surface area contributed by atoms with Gasteiger partial charge in [-0.15, -0.1) is 0 Å². The molecule has 31 heavy (non-hydrogen) atoms. The van der Waals surface area contributed by atoms with Gasteiger partial charge in [0.1, 0.15) is 11.6 Å². The molecule has 0 radical (unpaired) electrons. The van der Waals surface area contributed by atoms with E-state index in [2.05, 4.69) is 42.2 Å². The van der Waals surface area contributed by atoms with E-state index in [0.29, 0.717) is 13.2 Å². The molecule has 0 atom stereocenters. The molecule has 0 unspecified atom stereocenters. The van der Waals surface area contributed by atoms with Gasteiger partial charge in [0.05, 0.1) is 31.7 Å². The van der Waals surface area contributed by atoms with Crippen LogP contribution in [0.2, 0.25) is 0 Å². The SMILES string of the molecule is COc1ccc(-c2nc(-c3ccccc3C3OCCO3)[nH]c2-c2ccc(C)cc2)cc1. The average Bonchev–Trinajstić information content (AvgIpc) is 3.50. The van der Waals surface area contributed by atoms with Gasteiger partial charge in [0.15, 0.2) is 6.29 Å². The van der Waals surface area contributed by atoms with Crippen LogP contribution in [0.4, 0.5) is 0 Å². The van der Waals surface area contributed by atoms with Crippen LogP contribution in [0.3, 0.4) is 0 Å². The largest absolute Gasteiger partial charge is 0.497 e. The van der Waals surface area contributed by atoms with Crippen molar-refractivity contribution in [1.29, 1.82) is 0 Å². The van der Waals surface area contributed by atoms with Crippen LogP contribution in [0, 0.1) is 6.92 Å². The van der Waals surface area contributed by atoms with E-state index in [1.165, 1.54) is 5.56 Å². The maximum atomic E-state index is 5.77. The zero-order valence-corrected chi connectivity index (χ0v) is 17.6. The van der Waals surface area contributed by atoms with Gasteiger partial charge < -0.3 is 19.2 Å². The maximum Gasteiger partial charge on any atom is 0.184 e. The minimum atomic E-state index is -0.367. The van der Waals surface area contributed by atoms with Crippen molar-refractivity contribution in [2.24, 2.45) is 0 Å². The van der Waals surface area contributed by atoms with E-state index in [1.807, 2.05) is 42.5 Å². The third-order valence-electron chi connectivity index (χ3n) is 5.50. The highest BCUT2D eigenvalue weighted by molar-refractivity contribution is 5.82. The first kappa shape index (κ1) is 19.5. The zero-order valence-electron chi connectivity index (χ0n) is 17.6. The first-order chi connectivity index (χ1) is 15.2. The number of nitrogens with zero attached hydrogens (tertiary/aromatic N) is 1. The molecule has 1 aliphatic heterocycles. The summed E-state index contributed by atoms with van der Waals surface area (Å²) in [6.07, 6.45) is -0.367. The van der Waals surface area contributed by atoms with Gasteiger partial charge in [-0.2, -0.15) is 0 Å². The van der Waals surface area contributed by atoms with Crippen molar-refractivity contribution in [1.82, 2.24) is 9.97 Å². The molecule has 0 aliphatic carbocycles. The van der Waals surface area contributed by atoms with Gasteiger partial charge in [-0.3, -0.25) is 0 Å². The predicted molar refractivity (Wildman–Crippen MR) is 121 cm³/mol. The summed E-state index contributed by atoms with van der Waals surface area (Å²) in [6, 6.07) is 24.5. The molecule has 156 valence electrons. The first-order valence-electron chi connectivity index (χ1n) is 10.4. The number of aryl methyl sites for hydroxylation is 1. The van der Waals surface area contributed by atoms with E-state index in [9.17, 15) is 0 Å². The standard InChI is InChI=1S/C26H24N2O3/c1-17-7-9-18(10-8-17)23-24(19-11-13-20(29-2)14-12-19)28-25(27-23)21-5-3-4-6-22(21)26-30-15-16-31-26/h3-14,26H,15-16H2,1-2H3,(H,27,28). The van der Waals surface area contributed by atoms with Crippen LogP contribution in [0.25, 0.3) is 33.9 Å². The Balaban J connectivity index is 1.65. The molecular weight excluding hydrogens is 388 g/mol. The second-order valence-corrected chi connectivity index (χ2v) is 7.56. The number of hydrogen-bond acceptors (Lipinski definition) is 4. The lowest BCUT2D eigenvalue weighted by atomic mass is 10.0. The van der Waals surface area contributed by atoms with Crippen molar-refractivity contribution >= 4 is 0 Å². The molecule has 0 saturated carbocycles. The fourth-order valence-corrected chi connectivity index (χ4v) is 3.84. The summed E-state index contributed by atoms with van der Waals surface area (Å²) in [6.45, 7) is 3.29. The number of hydrogen-bond donors (Lipinski definition) is 1. The van der Waals surface area contributed by atoms with Crippen LogP contribution in [0.1, 0.15) is 17.4 Å². The number of aromatic nitrogens is 2. The molecule has 4 aromatic rings. The summed E-state index contributed by atoms with van der Waals surface area (Å²) in [5.74, 6) is 1.60. The smallest absolute Gasteiger partial charge is 0.184 e. The summed E-state index contributed by atoms with van der Waals surface area (Å²) < 4.78 is 16.9. The monoisotopic (exact) mass is 412 g/mol. The van der Waals surface area contributed by atoms with Crippen molar-refractivity contribution in [2.45, 2.75) is 13.2 Å². The van der Waals surface area contributed by atoms with Gasteiger partial charge in [-0.1, -0.05) is 54.1 Å². The van der Waals surface area contributed by atoms with E-state index in [0.717, 1.165) is 45.2 Å². The summed E-state index contributed by atoms with van der Waals surface area (Å²) in [4.78, 5) is 8.60. The normalized spacial score (nSPS) is 14.1. The highest BCUT2D eigenvalue weighted by Crippen LogP contribution is 2.37. The summed E-state index contributed by atoms with van der Waals surface area (Å²) in [5, 5.41) is 0. The molecule has 1 fully saturated rings. The topological polar surface area (TPSA) is 56.4 Å². The molecule has 1 aliphatic rings. The molecule has 1 aromatic heterocycles. The fraction of sp³-hybridized carbons (Fsp3) is 0.192. The van der Waals surface area contributed by atoms with Gasteiger partial charge in [-0.25, -0.2) is 4.98 Å². The van der Waals surface area contributed by atoms with E-state index < -0.39 is 0 Å². The molecule has 1 saturated heterocycles. The zero-order chi connectivity index (χ0) is 21.2. The van der Waals surface area contributed by atoms with Crippen molar-refractivity contribution in [3.8, 4) is 39.7 Å². The Labute approximate surface area is 181 Å². The van der Waals surface area contributed by atoms with Crippen LogP contribution in [-0.4, -0.2) is 30.3 Å². The average molecular weight is 412 g/mol. The van der Waals surface area contributed by atoms with Crippen LogP contribution < -0.4 is 4.74 Å². The van der Waals surface area contributed by atoms with E-state index in [4.69, 9.17) is 19.2 Å². The summed E-state index contributed by atoms with van der Waals surface area (Å²) in [7, 11) is 1.67. The number of aromatic amines is 1. The number of methoxy groups -OCH3 is 1. The molecule has 1 N–H and O–H groups in total. The number of rotatable bonds is 5. The molecular formula is C26H24N2O3. The second kappa shape index (κ2) is 8.38.